The molecule has 8 nitrogen and oxygen atoms in total. The lowest BCUT2D eigenvalue weighted by Crippen LogP contribution is -2.52. The van der Waals surface area contributed by atoms with Gasteiger partial charge in [-0.15, -0.1) is 0 Å². The summed E-state index contributed by atoms with van der Waals surface area (Å²) in [4.78, 5) is 40.4. The molecule has 0 aromatic heterocycles. The van der Waals surface area contributed by atoms with E-state index in [0.29, 0.717) is 42.1 Å². The number of nitrogens with zero attached hydrogens (tertiary/aromatic N) is 2. The molecule has 0 bridgehead atoms. The smallest absolute Gasteiger partial charge is 0.255 e. The van der Waals surface area contributed by atoms with E-state index in [4.69, 9.17) is 6.11 Å². The average Bonchev–Trinajstić information content (AvgIpc) is 3.20. The lowest BCUT2D eigenvalue weighted by atomic mass is 10.0. The molecule has 2 fully saturated rings. The zero-order valence-electron chi connectivity index (χ0n) is 19.7. The molecule has 2 aromatic rings. The van der Waals surface area contributed by atoms with Crippen LogP contribution in [0.25, 0.3) is 0 Å². The first-order chi connectivity index (χ1) is 16.8. The number of hydrogen-bond donors (Lipinski definition) is 2. The summed E-state index contributed by atoms with van der Waals surface area (Å²) in [5.74, 6) is -1.96. The molecule has 9 heteroatoms. The Labute approximate surface area is 198 Å². The van der Waals surface area contributed by atoms with E-state index in [1.54, 1.807) is 30.3 Å². The van der Waals surface area contributed by atoms with Gasteiger partial charge in [0.25, 0.3) is 5.91 Å². The largest absolute Gasteiger partial charge is 0.381 e. The highest BCUT2D eigenvalue weighted by Crippen LogP contribution is 2.32. The fourth-order valence-electron chi connectivity index (χ4n) is 4.62. The minimum atomic E-state index is -1.84. The molecule has 3 heterocycles. The van der Waals surface area contributed by atoms with Gasteiger partial charge in [0.1, 0.15) is 11.8 Å². The molecule has 3 aliphatic heterocycles. The molecule has 2 N–H and O–H groups in total. The van der Waals surface area contributed by atoms with E-state index in [2.05, 4.69) is 15.5 Å². The Morgan fingerprint density at radius 3 is 2.76 bits per heavy atom. The van der Waals surface area contributed by atoms with Crippen molar-refractivity contribution in [3.63, 3.8) is 0 Å². The summed E-state index contributed by atoms with van der Waals surface area (Å²) in [7, 11) is 0. The second kappa shape index (κ2) is 9.52. The van der Waals surface area contributed by atoms with Gasteiger partial charge >= 0.3 is 0 Å². The Hall–Kier alpha value is -3.30. The van der Waals surface area contributed by atoms with Crippen molar-refractivity contribution in [2.45, 2.75) is 38.5 Å². The third kappa shape index (κ3) is 4.53. The van der Waals surface area contributed by atoms with Crippen molar-refractivity contribution in [2.24, 2.45) is 0 Å². The number of imide groups is 1. The maximum atomic E-state index is 14.8. The predicted octanol–water partition coefficient (Wildman–Crippen LogP) is 2.03. The molecular weight excluding hydrogens is 439 g/mol. The van der Waals surface area contributed by atoms with Crippen LogP contribution in [0.1, 0.15) is 41.3 Å². The van der Waals surface area contributed by atoms with Crippen LogP contribution in [0.4, 0.5) is 10.1 Å². The fraction of sp³-hybridized carbons (Fsp3) is 0.400. The molecule has 0 spiro atoms. The first-order valence-corrected chi connectivity index (χ1v) is 11.4. The molecule has 2 aromatic carbocycles. The predicted molar refractivity (Wildman–Crippen MR) is 122 cm³/mol. The number of carbonyl (C=O) groups excluding carboxylic acids is 3. The van der Waals surface area contributed by atoms with Gasteiger partial charge in [-0.25, -0.2) is 4.39 Å². The monoisotopic (exact) mass is 467 g/mol. The van der Waals surface area contributed by atoms with Crippen LogP contribution in [0.3, 0.4) is 0 Å². The summed E-state index contributed by atoms with van der Waals surface area (Å²) in [6.07, 6.45) is -0.0521. The van der Waals surface area contributed by atoms with Gasteiger partial charge in [0, 0.05) is 61.5 Å². The fourth-order valence-corrected chi connectivity index (χ4v) is 4.62. The summed E-state index contributed by atoms with van der Waals surface area (Å²) in [6, 6.07) is 8.56. The topological polar surface area (TPSA) is 91.0 Å². The second-order valence-electron chi connectivity index (χ2n) is 8.71. The molecule has 0 saturated carbocycles. The third-order valence-electron chi connectivity index (χ3n) is 6.49. The standard InChI is InChI=1S/C25H27FN4O4/c26-20-12-16(14-29-8-10-34-11-9-29)4-5-17(20)13-27-21-3-1-2-18-19(21)15-30(25(18)33)22-6-7-23(31)28-24(22)32/h1-5,12,22,27H,6-11,13-15H2,(H,28,31,32)/i22D. The maximum Gasteiger partial charge on any atom is 0.255 e. The first-order valence-electron chi connectivity index (χ1n) is 11.9. The van der Waals surface area contributed by atoms with Crippen molar-refractivity contribution >= 4 is 23.4 Å². The number of piperidine rings is 1. The number of hydrogen-bond acceptors (Lipinski definition) is 6. The molecule has 34 heavy (non-hydrogen) atoms. The van der Waals surface area contributed by atoms with Crippen molar-refractivity contribution in [2.75, 3.05) is 31.6 Å². The maximum absolute atomic E-state index is 14.8. The van der Waals surface area contributed by atoms with Crippen molar-refractivity contribution in [3.8, 4) is 0 Å². The minimum absolute atomic E-state index is 0.00127. The summed E-state index contributed by atoms with van der Waals surface area (Å²) in [6.45, 7) is 3.99. The van der Waals surface area contributed by atoms with Gasteiger partial charge in [-0.3, -0.25) is 24.6 Å². The van der Waals surface area contributed by atoms with Gasteiger partial charge in [-0.2, -0.15) is 0 Å². The van der Waals surface area contributed by atoms with Gasteiger partial charge in [-0.05, 0) is 30.2 Å². The van der Waals surface area contributed by atoms with Crippen molar-refractivity contribution in [1.82, 2.24) is 15.1 Å². The van der Waals surface area contributed by atoms with Crippen molar-refractivity contribution < 1.29 is 24.9 Å². The van der Waals surface area contributed by atoms with E-state index in [9.17, 15) is 18.8 Å². The van der Waals surface area contributed by atoms with Gasteiger partial charge < -0.3 is 15.0 Å². The Kier molecular flexibility index (Phi) is 5.95. The van der Waals surface area contributed by atoms with Crippen molar-refractivity contribution in [1.29, 1.82) is 0 Å². The molecule has 5 rings (SSSR count). The number of morpholine rings is 1. The number of nitrogens with one attached hydrogen (secondary N) is 2. The van der Waals surface area contributed by atoms with Crippen LogP contribution >= 0.6 is 0 Å². The van der Waals surface area contributed by atoms with E-state index >= 15 is 0 Å². The van der Waals surface area contributed by atoms with Crippen LogP contribution in [0, 0.1) is 5.82 Å². The van der Waals surface area contributed by atoms with Crippen LogP contribution in [0.15, 0.2) is 36.4 Å². The number of halogens is 1. The Morgan fingerprint density at radius 1 is 1.18 bits per heavy atom. The van der Waals surface area contributed by atoms with Crippen molar-refractivity contribution in [3.05, 3.63) is 64.5 Å². The van der Waals surface area contributed by atoms with E-state index in [1.165, 1.54) is 4.90 Å². The van der Waals surface area contributed by atoms with Crippen LogP contribution in [0.5, 0.6) is 0 Å². The summed E-state index contributed by atoms with van der Waals surface area (Å²) >= 11 is 0. The van der Waals surface area contributed by atoms with Crippen LogP contribution in [0.2, 0.25) is 0 Å². The Morgan fingerprint density at radius 2 is 2.00 bits per heavy atom. The van der Waals surface area contributed by atoms with Crippen LogP contribution < -0.4 is 10.6 Å². The average molecular weight is 468 g/mol. The Bertz CT molecular complexity index is 1190. The van der Waals surface area contributed by atoms with Gasteiger partial charge in [0.2, 0.25) is 11.8 Å². The van der Waals surface area contributed by atoms with E-state index < -0.39 is 23.7 Å². The normalized spacial score (nSPS) is 23.5. The summed E-state index contributed by atoms with van der Waals surface area (Å²) in [5, 5.41) is 5.38. The molecule has 3 aliphatic rings. The molecule has 1 unspecified atom stereocenters. The van der Waals surface area contributed by atoms with Gasteiger partial charge in [0.05, 0.1) is 14.6 Å². The highest BCUT2D eigenvalue weighted by atomic mass is 19.1. The molecular formula is C25H27FN4O4. The van der Waals surface area contributed by atoms with Crippen LogP contribution in [-0.2, 0) is 34.0 Å². The zero-order valence-corrected chi connectivity index (χ0v) is 18.7. The van der Waals surface area contributed by atoms with E-state index in [-0.39, 0.29) is 31.7 Å². The molecule has 2 saturated heterocycles. The quantitative estimate of drug-likeness (QED) is 0.632. The van der Waals surface area contributed by atoms with E-state index in [0.717, 1.165) is 18.7 Å². The molecule has 3 amide bonds. The summed E-state index contributed by atoms with van der Waals surface area (Å²) < 4.78 is 28.8. The lowest BCUT2D eigenvalue weighted by molar-refractivity contribution is -0.136. The second-order valence-corrected chi connectivity index (χ2v) is 8.71. The molecule has 0 radical (unpaired) electrons. The number of carbonyl (C=O) groups is 3. The zero-order chi connectivity index (χ0) is 24.6. The number of benzene rings is 2. The number of fused-ring (bicyclic) bond motifs is 1. The highest BCUT2D eigenvalue weighted by molar-refractivity contribution is 6.06. The Balaban J connectivity index is 1.28. The molecule has 1 atom stereocenters. The SMILES string of the molecule is [2H]C1(N2Cc3c(NCc4ccc(CN5CCOCC5)cc4F)cccc3C2=O)CCC(=O)NC1=O. The lowest BCUT2D eigenvalue weighted by Gasteiger charge is -2.29. The van der Waals surface area contributed by atoms with Gasteiger partial charge in [0.15, 0.2) is 0 Å². The molecule has 0 aliphatic carbocycles. The third-order valence-corrected chi connectivity index (χ3v) is 6.49. The number of rotatable bonds is 6. The first kappa shape index (κ1) is 21.2. The number of ether oxygens (including phenoxy) is 1. The van der Waals surface area contributed by atoms with Gasteiger partial charge in [-0.1, -0.05) is 18.2 Å². The minimum Gasteiger partial charge on any atom is -0.381 e. The van der Waals surface area contributed by atoms with E-state index in [1.807, 2.05) is 6.07 Å². The number of anilines is 1. The molecule has 178 valence electrons. The highest BCUT2D eigenvalue weighted by Gasteiger charge is 2.39. The number of amides is 3. The summed E-state index contributed by atoms with van der Waals surface area (Å²) in [5.41, 5.74) is 3.09. The van der Waals surface area contributed by atoms with Crippen LogP contribution in [-0.4, -0.2) is 59.8 Å².